The van der Waals surface area contributed by atoms with E-state index in [0.717, 1.165) is 23.4 Å². The molecule has 1 aliphatic heterocycles. The van der Waals surface area contributed by atoms with Gasteiger partial charge in [-0.3, -0.25) is 14.6 Å². The number of guanidine groups is 1. The summed E-state index contributed by atoms with van der Waals surface area (Å²) in [6, 6.07) is 7.19. The lowest BCUT2D eigenvalue weighted by molar-refractivity contribution is -0.137. The van der Waals surface area contributed by atoms with Crippen molar-refractivity contribution >= 4 is 5.96 Å². The SMILES string of the molecule is CN=C(NCc1ccnn1C)NCC(c1ccc(C(F)(F)F)cc1)N1CCOCC1. The highest BCUT2D eigenvalue weighted by molar-refractivity contribution is 5.79. The van der Waals surface area contributed by atoms with E-state index in [1.165, 1.54) is 0 Å². The predicted octanol–water partition coefficient (Wildman–Crippen LogP) is 2.18. The third kappa shape index (κ3) is 5.73. The molecule has 2 heterocycles. The van der Waals surface area contributed by atoms with Crippen molar-refractivity contribution in [2.75, 3.05) is 39.9 Å². The first-order valence-electron chi connectivity index (χ1n) is 9.79. The van der Waals surface area contributed by atoms with Gasteiger partial charge in [-0.25, -0.2) is 0 Å². The molecule has 1 aromatic heterocycles. The standard InChI is InChI=1S/C20H27F3N6O/c1-24-19(25-13-17-7-8-27-28(17)2)26-14-18(29-9-11-30-12-10-29)15-3-5-16(6-4-15)20(21,22)23/h3-8,18H,9-14H2,1-2H3,(H2,24,25,26). The maximum absolute atomic E-state index is 12.9. The van der Waals surface area contributed by atoms with Crippen LogP contribution in [0.15, 0.2) is 41.5 Å². The van der Waals surface area contributed by atoms with Crippen LogP contribution in [0.25, 0.3) is 0 Å². The van der Waals surface area contributed by atoms with E-state index >= 15 is 0 Å². The molecule has 0 aliphatic carbocycles. The second kappa shape index (κ2) is 9.94. The molecule has 1 unspecified atom stereocenters. The van der Waals surface area contributed by atoms with E-state index in [0.29, 0.717) is 45.4 Å². The van der Waals surface area contributed by atoms with Crippen LogP contribution in [0.1, 0.15) is 22.9 Å². The fourth-order valence-electron chi connectivity index (χ4n) is 3.40. The van der Waals surface area contributed by atoms with Crippen molar-refractivity contribution < 1.29 is 17.9 Å². The maximum atomic E-state index is 12.9. The molecule has 30 heavy (non-hydrogen) atoms. The number of aryl methyl sites for hydroxylation is 1. The molecule has 0 amide bonds. The number of halogens is 3. The highest BCUT2D eigenvalue weighted by atomic mass is 19.4. The Morgan fingerprint density at radius 3 is 2.43 bits per heavy atom. The zero-order valence-electron chi connectivity index (χ0n) is 17.1. The Morgan fingerprint density at radius 2 is 1.87 bits per heavy atom. The van der Waals surface area contributed by atoms with Crippen LogP contribution in [0.5, 0.6) is 0 Å². The van der Waals surface area contributed by atoms with E-state index in [1.807, 2.05) is 13.1 Å². The largest absolute Gasteiger partial charge is 0.416 e. The van der Waals surface area contributed by atoms with E-state index in [2.05, 4.69) is 25.6 Å². The molecule has 7 nitrogen and oxygen atoms in total. The van der Waals surface area contributed by atoms with Crippen molar-refractivity contribution in [3.8, 4) is 0 Å². The fourth-order valence-corrected chi connectivity index (χ4v) is 3.40. The summed E-state index contributed by atoms with van der Waals surface area (Å²) < 4.78 is 46.0. The Morgan fingerprint density at radius 1 is 1.17 bits per heavy atom. The van der Waals surface area contributed by atoms with Gasteiger partial charge in [-0.15, -0.1) is 0 Å². The Balaban J connectivity index is 1.68. The van der Waals surface area contributed by atoms with Gasteiger partial charge in [0.15, 0.2) is 5.96 Å². The average Bonchev–Trinajstić information content (AvgIpc) is 3.15. The van der Waals surface area contributed by atoms with Gasteiger partial charge in [0.1, 0.15) is 0 Å². The number of alkyl halides is 3. The van der Waals surface area contributed by atoms with Crippen LogP contribution in [0.3, 0.4) is 0 Å². The van der Waals surface area contributed by atoms with Gasteiger partial charge in [-0.2, -0.15) is 18.3 Å². The number of morpholine rings is 1. The van der Waals surface area contributed by atoms with Crippen molar-refractivity contribution in [1.82, 2.24) is 25.3 Å². The van der Waals surface area contributed by atoms with E-state index in [4.69, 9.17) is 4.74 Å². The number of hydrogen-bond acceptors (Lipinski definition) is 4. The van der Waals surface area contributed by atoms with Gasteiger partial charge in [0.05, 0.1) is 37.1 Å². The molecule has 0 bridgehead atoms. The lowest BCUT2D eigenvalue weighted by Crippen LogP contribution is -2.46. The van der Waals surface area contributed by atoms with Crippen LogP contribution < -0.4 is 10.6 Å². The molecule has 0 saturated carbocycles. The summed E-state index contributed by atoms with van der Waals surface area (Å²) in [6.45, 7) is 3.69. The van der Waals surface area contributed by atoms with Crippen LogP contribution in [0.4, 0.5) is 13.2 Å². The molecule has 1 fully saturated rings. The quantitative estimate of drug-likeness (QED) is 0.550. The number of hydrogen-bond donors (Lipinski definition) is 2. The fraction of sp³-hybridized carbons (Fsp3) is 0.500. The van der Waals surface area contributed by atoms with Crippen LogP contribution in [-0.2, 0) is 24.5 Å². The molecule has 1 saturated heterocycles. The smallest absolute Gasteiger partial charge is 0.379 e. The summed E-state index contributed by atoms with van der Waals surface area (Å²) in [6.07, 6.45) is -2.62. The highest BCUT2D eigenvalue weighted by Crippen LogP contribution is 2.31. The molecule has 0 radical (unpaired) electrons. The number of nitrogens with one attached hydrogen (secondary N) is 2. The van der Waals surface area contributed by atoms with E-state index in [9.17, 15) is 13.2 Å². The lowest BCUT2D eigenvalue weighted by Gasteiger charge is -2.35. The van der Waals surface area contributed by atoms with Crippen molar-refractivity contribution in [3.05, 3.63) is 53.3 Å². The molecule has 2 aromatic rings. The second-order valence-corrected chi connectivity index (χ2v) is 7.04. The van der Waals surface area contributed by atoms with Gasteiger partial charge < -0.3 is 15.4 Å². The van der Waals surface area contributed by atoms with E-state index < -0.39 is 11.7 Å². The van der Waals surface area contributed by atoms with Crippen molar-refractivity contribution in [2.24, 2.45) is 12.0 Å². The van der Waals surface area contributed by atoms with Crippen LogP contribution in [0.2, 0.25) is 0 Å². The molecule has 1 aliphatic rings. The second-order valence-electron chi connectivity index (χ2n) is 7.04. The van der Waals surface area contributed by atoms with E-state index in [1.54, 1.807) is 30.1 Å². The normalized spacial score (nSPS) is 17.0. The van der Waals surface area contributed by atoms with Crippen LogP contribution in [0, 0.1) is 0 Å². The molecule has 1 atom stereocenters. The van der Waals surface area contributed by atoms with Crippen molar-refractivity contribution in [2.45, 2.75) is 18.8 Å². The van der Waals surface area contributed by atoms with Crippen LogP contribution in [-0.4, -0.2) is 60.5 Å². The Kier molecular flexibility index (Phi) is 7.33. The first kappa shape index (κ1) is 22.1. The molecule has 164 valence electrons. The van der Waals surface area contributed by atoms with Gasteiger partial charge >= 0.3 is 6.18 Å². The first-order valence-corrected chi connectivity index (χ1v) is 9.79. The Labute approximate surface area is 173 Å². The van der Waals surface area contributed by atoms with Gasteiger partial charge in [-0.05, 0) is 23.8 Å². The van der Waals surface area contributed by atoms with Crippen molar-refractivity contribution in [1.29, 1.82) is 0 Å². The summed E-state index contributed by atoms with van der Waals surface area (Å²) in [5.41, 5.74) is 1.18. The number of benzene rings is 1. The zero-order valence-corrected chi connectivity index (χ0v) is 17.1. The summed E-state index contributed by atoms with van der Waals surface area (Å²) in [5.74, 6) is 0.612. The van der Waals surface area contributed by atoms with Gasteiger partial charge in [0, 0.05) is 39.9 Å². The van der Waals surface area contributed by atoms with Crippen LogP contribution >= 0.6 is 0 Å². The maximum Gasteiger partial charge on any atom is 0.416 e. The van der Waals surface area contributed by atoms with Gasteiger partial charge in [0.2, 0.25) is 0 Å². The molecular weight excluding hydrogens is 397 g/mol. The number of nitrogens with zero attached hydrogens (tertiary/aromatic N) is 4. The summed E-state index contributed by atoms with van der Waals surface area (Å²) in [5, 5.41) is 10.7. The number of aliphatic imine (C=N–C) groups is 1. The number of aromatic nitrogens is 2. The third-order valence-electron chi connectivity index (χ3n) is 5.16. The molecule has 3 rings (SSSR count). The van der Waals surface area contributed by atoms with Gasteiger partial charge in [0.25, 0.3) is 0 Å². The summed E-state index contributed by atoms with van der Waals surface area (Å²) in [4.78, 5) is 6.46. The Hall–Kier alpha value is -2.59. The lowest BCUT2D eigenvalue weighted by atomic mass is 10.0. The minimum absolute atomic E-state index is 0.105. The molecule has 0 spiro atoms. The zero-order chi connectivity index (χ0) is 21.6. The average molecular weight is 424 g/mol. The van der Waals surface area contributed by atoms with Crippen molar-refractivity contribution in [3.63, 3.8) is 0 Å². The minimum Gasteiger partial charge on any atom is -0.379 e. The Bertz CT molecular complexity index is 828. The minimum atomic E-state index is -4.34. The number of ether oxygens (including phenoxy) is 1. The molecular formula is C20H27F3N6O. The van der Waals surface area contributed by atoms with Gasteiger partial charge in [-0.1, -0.05) is 12.1 Å². The molecule has 2 N–H and O–H groups in total. The monoisotopic (exact) mass is 424 g/mol. The predicted molar refractivity (Wildman–Crippen MR) is 108 cm³/mol. The molecule has 1 aromatic carbocycles. The first-order chi connectivity index (χ1) is 14.4. The topological polar surface area (TPSA) is 66.7 Å². The highest BCUT2D eigenvalue weighted by Gasteiger charge is 2.31. The third-order valence-corrected chi connectivity index (χ3v) is 5.16. The molecule has 10 heteroatoms. The summed E-state index contributed by atoms with van der Waals surface area (Å²) >= 11 is 0. The number of rotatable bonds is 6. The van der Waals surface area contributed by atoms with E-state index in [-0.39, 0.29) is 6.04 Å². The summed E-state index contributed by atoms with van der Waals surface area (Å²) in [7, 11) is 3.55.